The van der Waals surface area contributed by atoms with Gasteiger partial charge in [-0.15, -0.1) is 0 Å². The van der Waals surface area contributed by atoms with Crippen molar-refractivity contribution in [3.05, 3.63) is 29.3 Å². The van der Waals surface area contributed by atoms with Gasteiger partial charge in [-0.1, -0.05) is 38.7 Å². The van der Waals surface area contributed by atoms with Gasteiger partial charge in [-0.05, 0) is 119 Å². The Hall–Kier alpha value is -1.76. The van der Waals surface area contributed by atoms with Crippen LogP contribution in [0.4, 0.5) is 43.9 Å². The number of unbranched alkanes of at least 4 members (excludes halogenated alkanes) is 5. The molecule has 2 saturated carbocycles. The summed E-state index contributed by atoms with van der Waals surface area (Å²) in [5.41, 5.74) is 0.544. The molecule has 0 bridgehead atoms. The number of hydrogen-bond acceptors (Lipinski definition) is 3. The highest BCUT2D eigenvalue weighted by atomic mass is 19.4. The third-order valence-electron chi connectivity index (χ3n) is 12.0. The molecule has 0 aromatic heterocycles. The Morgan fingerprint density at radius 3 is 2.08 bits per heavy atom. The van der Waals surface area contributed by atoms with E-state index in [1.807, 2.05) is 31.9 Å². The summed E-state index contributed by atoms with van der Waals surface area (Å²) in [4.78, 5) is 2.03. The van der Waals surface area contributed by atoms with Gasteiger partial charge in [-0.2, -0.15) is 39.5 Å². The predicted molar refractivity (Wildman–Crippen MR) is 162 cm³/mol. The van der Waals surface area contributed by atoms with Crippen LogP contribution in [0.15, 0.2) is 18.2 Å². The van der Waals surface area contributed by atoms with Crippen LogP contribution in [-0.4, -0.2) is 71.0 Å². The zero-order valence-corrected chi connectivity index (χ0v) is 27.8. The van der Waals surface area contributed by atoms with Crippen molar-refractivity contribution in [2.24, 2.45) is 23.2 Å². The van der Waals surface area contributed by atoms with Crippen molar-refractivity contribution in [3.63, 3.8) is 0 Å². The number of rotatable bonds is 15. The Kier molecular flexibility index (Phi) is 11.5. The van der Waals surface area contributed by atoms with Crippen LogP contribution in [0, 0.1) is 23.2 Å². The fourth-order valence-corrected chi connectivity index (χ4v) is 9.01. The van der Waals surface area contributed by atoms with Gasteiger partial charge in [0.05, 0.1) is 5.60 Å². The summed E-state index contributed by atoms with van der Waals surface area (Å²) in [5.74, 6) is -18.5. The maximum atomic E-state index is 16.1. The van der Waals surface area contributed by atoms with E-state index in [-0.39, 0.29) is 35.8 Å². The highest BCUT2D eigenvalue weighted by molar-refractivity contribution is 5.41. The standard InChI is InChI=1S/C35H49F10NO2/c1-30-21-27(36)29-25-13-12-24(47)20-23(25)19-22(28(29)26(30)14-16-31(30,2)48)11-7-6-10-18-46(3)17-9-5-4-8-15-32(37,38)33(39,40)34(41,42)35(43,44)45/h12-13,20,22,26-29,47-48H,4-11,14-19,21H2,1-3H3/t22-,26+,27+,28+,29+,30+,31-/m1/s1. The lowest BCUT2D eigenvalue weighted by atomic mass is 9.50. The summed E-state index contributed by atoms with van der Waals surface area (Å²) in [6.45, 7) is 5.19. The molecule has 276 valence electrons. The van der Waals surface area contributed by atoms with Gasteiger partial charge >= 0.3 is 23.9 Å². The molecule has 2 N–H and O–H groups in total. The van der Waals surface area contributed by atoms with E-state index in [2.05, 4.69) is 0 Å². The molecule has 0 amide bonds. The molecule has 0 spiro atoms. The van der Waals surface area contributed by atoms with E-state index >= 15 is 4.39 Å². The Morgan fingerprint density at radius 1 is 0.854 bits per heavy atom. The minimum atomic E-state index is -6.84. The second-order valence-electron chi connectivity index (χ2n) is 15.2. The van der Waals surface area contributed by atoms with Crippen molar-refractivity contribution < 1.29 is 54.1 Å². The number of phenols is 1. The number of halogens is 10. The van der Waals surface area contributed by atoms with Gasteiger partial charge in [0.1, 0.15) is 11.9 Å². The second kappa shape index (κ2) is 14.1. The summed E-state index contributed by atoms with van der Waals surface area (Å²) in [5, 5.41) is 21.4. The van der Waals surface area contributed by atoms with Crippen LogP contribution in [-0.2, 0) is 6.42 Å². The van der Waals surface area contributed by atoms with E-state index in [4.69, 9.17) is 0 Å². The minimum Gasteiger partial charge on any atom is -0.508 e. The zero-order chi connectivity index (χ0) is 35.9. The van der Waals surface area contributed by atoms with Crippen molar-refractivity contribution in [2.45, 2.75) is 139 Å². The van der Waals surface area contributed by atoms with Crippen LogP contribution in [0.2, 0.25) is 0 Å². The van der Waals surface area contributed by atoms with Gasteiger partial charge in [0.25, 0.3) is 0 Å². The van der Waals surface area contributed by atoms with E-state index in [9.17, 15) is 49.7 Å². The molecule has 48 heavy (non-hydrogen) atoms. The predicted octanol–water partition coefficient (Wildman–Crippen LogP) is 10.1. The van der Waals surface area contributed by atoms with Crippen LogP contribution in [0.25, 0.3) is 0 Å². The SMILES string of the molecule is CN(CCCCCCC(F)(F)C(F)(F)C(F)(F)C(F)(F)F)CCCCC[C@@H]1Cc2cc(O)ccc2[C@@H]2[C@@H]1[C@@H]1CC[C@@](C)(O)[C@@]1(C)C[C@@H]2F. The molecule has 1 aromatic rings. The summed E-state index contributed by atoms with van der Waals surface area (Å²) in [6, 6.07) is 5.25. The molecular formula is C35H49F10NO2. The first-order valence-electron chi connectivity index (χ1n) is 17.1. The van der Waals surface area contributed by atoms with E-state index in [1.165, 1.54) is 0 Å². The van der Waals surface area contributed by atoms with Crippen molar-refractivity contribution in [3.8, 4) is 5.75 Å². The average Bonchev–Trinajstić information content (AvgIpc) is 3.21. The van der Waals surface area contributed by atoms with Gasteiger partial charge < -0.3 is 15.1 Å². The molecule has 1 aromatic carbocycles. The molecule has 3 aliphatic carbocycles. The summed E-state index contributed by atoms with van der Waals surface area (Å²) in [7, 11) is 1.87. The number of aliphatic hydroxyl groups is 1. The smallest absolute Gasteiger partial charge is 0.460 e. The van der Waals surface area contributed by atoms with Crippen LogP contribution >= 0.6 is 0 Å². The minimum absolute atomic E-state index is 0.0171. The number of nitrogens with zero attached hydrogens (tertiary/aromatic N) is 1. The van der Waals surface area contributed by atoms with Gasteiger partial charge in [-0.3, -0.25) is 0 Å². The van der Waals surface area contributed by atoms with Crippen LogP contribution in [0.5, 0.6) is 5.75 Å². The highest BCUT2D eigenvalue weighted by Gasteiger charge is 2.81. The fourth-order valence-electron chi connectivity index (χ4n) is 9.01. The molecule has 0 aliphatic heterocycles. The third-order valence-corrected chi connectivity index (χ3v) is 12.0. The van der Waals surface area contributed by atoms with E-state index in [0.717, 1.165) is 56.2 Å². The zero-order valence-electron chi connectivity index (χ0n) is 27.8. The molecule has 0 saturated heterocycles. The van der Waals surface area contributed by atoms with Crippen molar-refractivity contribution in [2.75, 3.05) is 20.1 Å². The number of benzene rings is 1. The molecule has 0 unspecified atom stereocenters. The summed E-state index contributed by atoms with van der Waals surface area (Å²) in [6.07, 6.45) is -3.30. The van der Waals surface area contributed by atoms with Crippen LogP contribution < -0.4 is 0 Å². The third kappa shape index (κ3) is 7.33. The van der Waals surface area contributed by atoms with E-state index < -0.39 is 54.0 Å². The fraction of sp³-hybridized carbons (Fsp3) is 0.829. The Balaban J connectivity index is 1.21. The molecule has 13 heteroatoms. The van der Waals surface area contributed by atoms with Gasteiger partial charge in [-0.25, -0.2) is 4.39 Å². The Bertz CT molecular complexity index is 1240. The van der Waals surface area contributed by atoms with Crippen LogP contribution in [0.3, 0.4) is 0 Å². The maximum Gasteiger partial charge on any atom is 0.460 e. The Labute approximate surface area is 276 Å². The molecule has 3 aliphatic rings. The summed E-state index contributed by atoms with van der Waals surface area (Å²) < 4.78 is 133. The molecule has 3 nitrogen and oxygen atoms in total. The first-order chi connectivity index (χ1) is 22.1. The topological polar surface area (TPSA) is 43.7 Å². The average molecular weight is 706 g/mol. The molecule has 4 rings (SSSR count). The van der Waals surface area contributed by atoms with E-state index in [1.54, 1.807) is 12.1 Å². The molecule has 0 heterocycles. The Morgan fingerprint density at radius 2 is 1.46 bits per heavy atom. The maximum absolute atomic E-state index is 16.1. The monoisotopic (exact) mass is 705 g/mol. The largest absolute Gasteiger partial charge is 0.508 e. The van der Waals surface area contributed by atoms with Gasteiger partial charge in [0.2, 0.25) is 0 Å². The number of aromatic hydroxyl groups is 1. The van der Waals surface area contributed by atoms with Crippen molar-refractivity contribution in [1.82, 2.24) is 4.90 Å². The van der Waals surface area contributed by atoms with Crippen molar-refractivity contribution >= 4 is 0 Å². The lowest BCUT2D eigenvalue weighted by Gasteiger charge is -2.56. The lowest BCUT2D eigenvalue weighted by molar-refractivity contribution is -0.396. The number of phenolic OH excluding ortho intramolecular Hbond substituents is 1. The molecule has 7 atom stereocenters. The number of hydrogen-bond donors (Lipinski definition) is 2. The number of fused-ring (bicyclic) bond motifs is 5. The molecule has 0 radical (unpaired) electrons. The number of alkyl halides is 10. The summed E-state index contributed by atoms with van der Waals surface area (Å²) >= 11 is 0. The molecular weight excluding hydrogens is 656 g/mol. The van der Waals surface area contributed by atoms with Gasteiger partial charge in [0, 0.05) is 17.8 Å². The lowest BCUT2D eigenvalue weighted by Crippen LogP contribution is -2.60. The highest BCUT2D eigenvalue weighted by Crippen LogP contribution is 2.66. The normalized spacial score (nSPS) is 31.1. The first kappa shape index (κ1) is 39.0. The van der Waals surface area contributed by atoms with Crippen LogP contribution in [0.1, 0.15) is 108 Å². The van der Waals surface area contributed by atoms with Gasteiger partial charge in [0.15, 0.2) is 0 Å². The first-order valence-corrected chi connectivity index (χ1v) is 17.1. The van der Waals surface area contributed by atoms with E-state index in [0.29, 0.717) is 32.2 Å². The second-order valence-corrected chi connectivity index (χ2v) is 15.2. The van der Waals surface area contributed by atoms with Crippen molar-refractivity contribution in [1.29, 1.82) is 0 Å². The quantitative estimate of drug-likeness (QED) is 0.141. The molecule has 2 fully saturated rings.